The van der Waals surface area contributed by atoms with E-state index in [1.54, 1.807) is 0 Å². The van der Waals surface area contributed by atoms with Crippen molar-refractivity contribution in [3.8, 4) is 0 Å². The summed E-state index contributed by atoms with van der Waals surface area (Å²) in [6.45, 7) is 14.7. The molecule has 1 unspecified atom stereocenters. The molecule has 124 valence electrons. The van der Waals surface area contributed by atoms with Crippen LogP contribution in [-0.4, -0.2) is 17.7 Å². The number of rotatable bonds is 13. The molecule has 0 amide bonds. The lowest BCUT2D eigenvalue weighted by Crippen LogP contribution is -2.40. The molecule has 0 aliphatic rings. The Hall–Kier alpha value is -0.395. The Morgan fingerprint density at radius 3 is 1.81 bits per heavy atom. The summed E-state index contributed by atoms with van der Waals surface area (Å²) in [4.78, 5) is 2.63. The smallest absolute Gasteiger partial charge is 0.254 e. The van der Waals surface area contributed by atoms with Crippen molar-refractivity contribution in [3.05, 3.63) is 12.3 Å². The minimum absolute atomic E-state index is 0.610. The second-order valence-electron chi connectivity index (χ2n) is 6.94. The zero-order valence-electron chi connectivity index (χ0n) is 15.7. The highest BCUT2D eigenvalue weighted by Gasteiger charge is 2.21. The Bertz CT molecular complexity index is 242. The molecule has 1 nitrogen and oxygen atoms in total. The highest BCUT2D eigenvalue weighted by Crippen LogP contribution is 2.18. The molecule has 0 N–H and O–H groups in total. The second kappa shape index (κ2) is 13.3. The van der Waals surface area contributed by atoms with E-state index in [9.17, 15) is 0 Å². The quantitative estimate of drug-likeness (QED) is 0.344. The van der Waals surface area contributed by atoms with Crippen molar-refractivity contribution < 1.29 is 0 Å². The van der Waals surface area contributed by atoms with E-state index < -0.39 is 0 Å². The van der Waals surface area contributed by atoms with Gasteiger partial charge in [0.2, 0.25) is 0 Å². The molecule has 0 fully saturated rings. The molecule has 0 saturated carbocycles. The van der Waals surface area contributed by atoms with E-state index in [1.165, 1.54) is 57.6 Å². The van der Waals surface area contributed by atoms with Crippen molar-refractivity contribution >= 4 is 6.85 Å². The van der Waals surface area contributed by atoms with Gasteiger partial charge in [0.15, 0.2) is 0 Å². The van der Waals surface area contributed by atoms with Crippen LogP contribution in [0.3, 0.4) is 0 Å². The lowest BCUT2D eigenvalue weighted by atomic mass is 9.52. The van der Waals surface area contributed by atoms with E-state index in [-0.39, 0.29) is 0 Å². The summed E-state index contributed by atoms with van der Waals surface area (Å²) in [5.41, 5.74) is 0. The summed E-state index contributed by atoms with van der Waals surface area (Å²) in [5.74, 6) is 0.712. The number of hydrogen-bond donors (Lipinski definition) is 0. The Morgan fingerprint density at radius 2 is 1.38 bits per heavy atom. The molecule has 0 bridgehead atoms. The minimum atomic E-state index is 0.610. The highest BCUT2D eigenvalue weighted by atomic mass is 15.1. The molecule has 0 saturated heterocycles. The number of hydrogen-bond acceptors (Lipinski definition) is 1. The fourth-order valence-corrected chi connectivity index (χ4v) is 2.91. The van der Waals surface area contributed by atoms with Gasteiger partial charge >= 0.3 is 0 Å². The van der Waals surface area contributed by atoms with Crippen LogP contribution < -0.4 is 0 Å². The van der Waals surface area contributed by atoms with Gasteiger partial charge in [-0.15, -0.1) is 0 Å². The molecule has 0 aliphatic heterocycles. The van der Waals surface area contributed by atoms with Gasteiger partial charge in [-0.3, -0.25) is 0 Å². The first-order chi connectivity index (χ1) is 10.1. The molecule has 0 aromatic carbocycles. The zero-order valence-corrected chi connectivity index (χ0v) is 15.7. The summed E-state index contributed by atoms with van der Waals surface area (Å²) < 4.78 is 0. The Kier molecular flexibility index (Phi) is 13.0. The zero-order chi connectivity index (χ0) is 16.1. The second-order valence-corrected chi connectivity index (χ2v) is 6.94. The van der Waals surface area contributed by atoms with Gasteiger partial charge in [-0.05, 0) is 32.4 Å². The standard InChI is InChI=1S/C19H40BN/c1-7-10-13-19(6)14-17-21(18(4)5)20(15-11-8-2)16-12-9-3/h14,17-19H,7-13,15-16H2,1-6H3/b17-14+. The predicted octanol–water partition coefficient (Wildman–Crippen LogP) is 6.63. The average Bonchev–Trinajstić information content (AvgIpc) is 2.46. The Morgan fingerprint density at radius 1 is 0.857 bits per heavy atom. The monoisotopic (exact) mass is 293 g/mol. The summed E-state index contributed by atoms with van der Waals surface area (Å²) in [7, 11) is 0. The van der Waals surface area contributed by atoms with Gasteiger partial charge in [-0.2, -0.15) is 0 Å². The van der Waals surface area contributed by atoms with Crippen LogP contribution in [0.2, 0.25) is 12.6 Å². The van der Waals surface area contributed by atoms with Crippen molar-refractivity contribution in [1.82, 2.24) is 4.81 Å². The van der Waals surface area contributed by atoms with Crippen molar-refractivity contribution in [2.24, 2.45) is 5.92 Å². The molecule has 2 heteroatoms. The third-order valence-corrected chi connectivity index (χ3v) is 4.40. The number of allylic oxidation sites excluding steroid dienone is 1. The lowest BCUT2D eigenvalue weighted by Gasteiger charge is -2.33. The van der Waals surface area contributed by atoms with E-state index in [0.29, 0.717) is 12.0 Å². The van der Waals surface area contributed by atoms with Gasteiger partial charge in [-0.1, -0.05) is 84.9 Å². The van der Waals surface area contributed by atoms with Crippen LogP contribution >= 0.6 is 0 Å². The molecule has 0 aliphatic carbocycles. The SMILES string of the molecule is CCCCB(CCCC)N(/C=C/C(C)CCCC)C(C)C. The van der Waals surface area contributed by atoms with E-state index in [4.69, 9.17) is 0 Å². The molecule has 0 heterocycles. The molecular formula is C19H40BN. The number of nitrogens with zero attached hydrogens (tertiary/aromatic N) is 1. The van der Waals surface area contributed by atoms with Crippen LogP contribution in [0.4, 0.5) is 0 Å². The van der Waals surface area contributed by atoms with Gasteiger partial charge in [0.25, 0.3) is 6.85 Å². The molecule has 0 rings (SSSR count). The van der Waals surface area contributed by atoms with Crippen molar-refractivity contribution in [2.75, 3.05) is 0 Å². The van der Waals surface area contributed by atoms with Crippen LogP contribution in [0.25, 0.3) is 0 Å². The van der Waals surface area contributed by atoms with E-state index in [0.717, 1.165) is 6.85 Å². The maximum absolute atomic E-state index is 2.63. The van der Waals surface area contributed by atoms with Crippen molar-refractivity contribution in [1.29, 1.82) is 0 Å². The minimum Gasteiger partial charge on any atom is -0.419 e. The fraction of sp³-hybridized carbons (Fsp3) is 0.895. The third-order valence-electron chi connectivity index (χ3n) is 4.40. The summed E-state index contributed by atoms with van der Waals surface area (Å²) in [6, 6.07) is 0.610. The van der Waals surface area contributed by atoms with Crippen LogP contribution in [0, 0.1) is 5.92 Å². The molecule has 0 aromatic rings. The predicted molar refractivity (Wildman–Crippen MR) is 100.0 cm³/mol. The number of unbranched alkanes of at least 4 members (excludes halogenated alkanes) is 3. The van der Waals surface area contributed by atoms with E-state index in [2.05, 4.69) is 58.6 Å². The Labute approximate surface area is 135 Å². The normalized spacial score (nSPS) is 13.1. The molecule has 0 aromatic heterocycles. The summed E-state index contributed by atoms with van der Waals surface area (Å²) >= 11 is 0. The topological polar surface area (TPSA) is 3.24 Å². The first kappa shape index (κ1) is 20.6. The molecule has 21 heavy (non-hydrogen) atoms. The summed E-state index contributed by atoms with van der Waals surface area (Å²) in [6.07, 6.45) is 16.9. The highest BCUT2D eigenvalue weighted by molar-refractivity contribution is 6.56. The van der Waals surface area contributed by atoms with Crippen LogP contribution in [0.1, 0.15) is 86.5 Å². The van der Waals surface area contributed by atoms with Crippen LogP contribution in [0.5, 0.6) is 0 Å². The first-order valence-corrected chi connectivity index (χ1v) is 9.52. The maximum Gasteiger partial charge on any atom is 0.254 e. The van der Waals surface area contributed by atoms with Gasteiger partial charge in [0.05, 0.1) is 0 Å². The largest absolute Gasteiger partial charge is 0.419 e. The van der Waals surface area contributed by atoms with Gasteiger partial charge in [0, 0.05) is 6.04 Å². The summed E-state index contributed by atoms with van der Waals surface area (Å²) in [5, 5.41) is 0. The van der Waals surface area contributed by atoms with Gasteiger partial charge < -0.3 is 4.81 Å². The van der Waals surface area contributed by atoms with Gasteiger partial charge in [-0.25, -0.2) is 0 Å². The van der Waals surface area contributed by atoms with E-state index in [1.807, 2.05) is 0 Å². The fourth-order valence-electron chi connectivity index (χ4n) is 2.91. The first-order valence-electron chi connectivity index (χ1n) is 9.52. The molecule has 1 atom stereocenters. The van der Waals surface area contributed by atoms with Crippen LogP contribution in [-0.2, 0) is 0 Å². The molecular weight excluding hydrogens is 253 g/mol. The maximum atomic E-state index is 2.63. The van der Waals surface area contributed by atoms with Crippen molar-refractivity contribution in [3.63, 3.8) is 0 Å². The van der Waals surface area contributed by atoms with Crippen molar-refractivity contribution in [2.45, 2.75) is 105 Å². The molecule has 0 spiro atoms. The average molecular weight is 293 g/mol. The lowest BCUT2D eigenvalue weighted by molar-refractivity contribution is 0.457. The van der Waals surface area contributed by atoms with Crippen LogP contribution in [0.15, 0.2) is 12.3 Å². The van der Waals surface area contributed by atoms with Gasteiger partial charge in [0.1, 0.15) is 0 Å². The third kappa shape index (κ3) is 10.0. The molecule has 0 radical (unpaired) electrons. The van der Waals surface area contributed by atoms with E-state index >= 15 is 0 Å². The Balaban J connectivity index is 4.65.